The van der Waals surface area contributed by atoms with Gasteiger partial charge in [-0.2, -0.15) is 0 Å². The van der Waals surface area contributed by atoms with Gasteiger partial charge in [-0.05, 0) is 24.3 Å². The van der Waals surface area contributed by atoms with Crippen LogP contribution < -0.4 is 4.74 Å². The van der Waals surface area contributed by atoms with Gasteiger partial charge in [-0.3, -0.25) is 0 Å². The molecular weight excluding hydrogens is 212 g/mol. The zero-order valence-electron chi connectivity index (χ0n) is 8.35. The number of methoxy groups -OCH3 is 1. The Morgan fingerprint density at radius 1 is 1.33 bits per heavy atom. The molecule has 1 heterocycles. The van der Waals surface area contributed by atoms with E-state index in [0.717, 1.165) is 17.0 Å². The van der Waals surface area contributed by atoms with Crippen molar-refractivity contribution in [2.75, 3.05) is 7.11 Å². The van der Waals surface area contributed by atoms with Crippen LogP contribution in [0.25, 0.3) is 11.3 Å². The largest absolute Gasteiger partial charge is 0.497 e. The number of imidazole rings is 1. The number of aromatic nitrogens is 2. The molecule has 0 bridgehead atoms. The molecule has 0 saturated carbocycles. The van der Waals surface area contributed by atoms with Crippen LogP contribution in [0.5, 0.6) is 5.75 Å². The lowest BCUT2D eigenvalue weighted by atomic mass is 10.2. The fraction of sp³-hybridized carbons (Fsp3) is 0.182. The van der Waals surface area contributed by atoms with E-state index in [9.17, 15) is 0 Å². The minimum Gasteiger partial charge on any atom is -0.497 e. The second-order valence-electron chi connectivity index (χ2n) is 3.12. The van der Waals surface area contributed by atoms with Crippen LogP contribution in [-0.2, 0) is 6.00 Å². The summed E-state index contributed by atoms with van der Waals surface area (Å²) in [7, 11) is 1.65. The number of halogens is 1. The van der Waals surface area contributed by atoms with Crippen molar-refractivity contribution >= 4 is 11.6 Å². The van der Waals surface area contributed by atoms with Crippen LogP contribution in [0.4, 0.5) is 0 Å². The molecule has 0 N–H and O–H groups in total. The standard InChI is InChI=1S/C11H11ClN2O/c1-15-10-4-2-9(3-5-10)11-6-14(7-12)8-13-11/h2-6,8H,7H2,1H3. The van der Waals surface area contributed by atoms with E-state index in [1.807, 2.05) is 35.0 Å². The van der Waals surface area contributed by atoms with E-state index in [4.69, 9.17) is 16.3 Å². The zero-order chi connectivity index (χ0) is 10.7. The zero-order valence-corrected chi connectivity index (χ0v) is 9.11. The molecule has 3 nitrogen and oxygen atoms in total. The Bertz CT molecular complexity index is 436. The molecule has 0 atom stereocenters. The molecule has 15 heavy (non-hydrogen) atoms. The van der Waals surface area contributed by atoms with Crippen LogP contribution in [0, 0.1) is 0 Å². The number of nitrogens with zero attached hydrogens (tertiary/aromatic N) is 2. The first-order valence-electron chi connectivity index (χ1n) is 4.55. The maximum absolute atomic E-state index is 5.68. The first-order valence-corrected chi connectivity index (χ1v) is 5.09. The molecule has 0 saturated heterocycles. The van der Waals surface area contributed by atoms with Crippen molar-refractivity contribution in [1.29, 1.82) is 0 Å². The Labute approximate surface area is 93.3 Å². The van der Waals surface area contributed by atoms with Crippen LogP contribution in [0.1, 0.15) is 0 Å². The smallest absolute Gasteiger partial charge is 0.118 e. The van der Waals surface area contributed by atoms with Gasteiger partial charge in [-0.1, -0.05) is 0 Å². The molecule has 2 rings (SSSR count). The fourth-order valence-electron chi connectivity index (χ4n) is 1.34. The van der Waals surface area contributed by atoms with Gasteiger partial charge in [-0.25, -0.2) is 4.98 Å². The Morgan fingerprint density at radius 2 is 2.07 bits per heavy atom. The maximum atomic E-state index is 5.68. The van der Waals surface area contributed by atoms with Gasteiger partial charge >= 0.3 is 0 Å². The topological polar surface area (TPSA) is 27.1 Å². The summed E-state index contributed by atoms with van der Waals surface area (Å²) < 4.78 is 6.91. The predicted octanol–water partition coefficient (Wildman–Crippen LogP) is 2.76. The average Bonchev–Trinajstić information content (AvgIpc) is 2.78. The monoisotopic (exact) mass is 222 g/mol. The van der Waals surface area contributed by atoms with Gasteiger partial charge in [0.15, 0.2) is 0 Å². The molecule has 2 aromatic rings. The van der Waals surface area contributed by atoms with Gasteiger partial charge in [0.25, 0.3) is 0 Å². The van der Waals surface area contributed by atoms with Crippen molar-refractivity contribution in [3.8, 4) is 17.0 Å². The minimum absolute atomic E-state index is 0.420. The molecule has 0 aliphatic rings. The summed E-state index contributed by atoms with van der Waals surface area (Å²) in [5, 5.41) is 0. The molecule has 1 aromatic heterocycles. The molecule has 78 valence electrons. The second kappa shape index (κ2) is 4.36. The van der Waals surface area contributed by atoms with Crippen molar-refractivity contribution in [2.45, 2.75) is 6.00 Å². The van der Waals surface area contributed by atoms with Crippen molar-refractivity contribution in [2.24, 2.45) is 0 Å². The summed E-state index contributed by atoms with van der Waals surface area (Å²) in [5.74, 6) is 0.843. The van der Waals surface area contributed by atoms with Gasteiger partial charge in [0.2, 0.25) is 0 Å². The third-order valence-corrected chi connectivity index (χ3v) is 2.43. The highest BCUT2D eigenvalue weighted by Crippen LogP contribution is 2.20. The van der Waals surface area contributed by atoms with Crippen molar-refractivity contribution in [3.63, 3.8) is 0 Å². The van der Waals surface area contributed by atoms with Crippen LogP contribution in [0.2, 0.25) is 0 Å². The highest BCUT2D eigenvalue weighted by atomic mass is 35.5. The van der Waals surface area contributed by atoms with E-state index in [0.29, 0.717) is 6.00 Å². The fourth-order valence-corrected chi connectivity index (χ4v) is 1.47. The van der Waals surface area contributed by atoms with Crippen molar-refractivity contribution < 1.29 is 4.74 Å². The number of hydrogen-bond acceptors (Lipinski definition) is 2. The van der Waals surface area contributed by atoms with Gasteiger partial charge in [0.05, 0.1) is 25.1 Å². The van der Waals surface area contributed by atoms with Gasteiger partial charge in [-0.15, -0.1) is 11.6 Å². The average molecular weight is 223 g/mol. The number of alkyl halides is 1. The quantitative estimate of drug-likeness (QED) is 0.747. The molecule has 0 fully saturated rings. The van der Waals surface area contributed by atoms with Crippen molar-refractivity contribution in [1.82, 2.24) is 9.55 Å². The third kappa shape index (κ3) is 2.13. The molecule has 0 spiro atoms. The van der Waals surface area contributed by atoms with Crippen LogP contribution in [0.15, 0.2) is 36.8 Å². The second-order valence-corrected chi connectivity index (χ2v) is 3.36. The van der Waals surface area contributed by atoms with Crippen LogP contribution in [0.3, 0.4) is 0 Å². The van der Waals surface area contributed by atoms with E-state index in [-0.39, 0.29) is 0 Å². The van der Waals surface area contributed by atoms with E-state index in [1.54, 1.807) is 13.4 Å². The molecule has 0 aliphatic heterocycles. The lowest BCUT2D eigenvalue weighted by molar-refractivity contribution is 0.415. The van der Waals surface area contributed by atoms with Crippen molar-refractivity contribution in [3.05, 3.63) is 36.8 Å². The third-order valence-electron chi connectivity index (χ3n) is 2.16. The molecule has 1 aromatic carbocycles. The number of hydrogen-bond donors (Lipinski definition) is 0. The molecule has 4 heteroatoms. The molecule has 0 radical (unpaired) electrons. The molecule has 0 aliphatic carbocycles. The summed E-state index contributed by atoms with van der Waals surface area (Å²) in [5.41, 5.74) is 1.97. The Hall–Kier alpha value is -1.48. The minimum atomic E-state index is 0.420. The number of ether oxygens (including phenoxy) is 1. The summed E-state index contributed by atoms with van der Waals surface area (Å²) in [6.45, 7) is 0. The van der Waals surface area contributed by atoms with Gasteiger partial charge < -0.3 is 9.30 Å². The van der Waals surface area contributed by atoms with Crippen LogP contribution in [-0.4, -0.2) is 16.7 Å². The predicted molar refractivity (Wildman–Crippen MR) is 60.1 cm³/mol. The van der Waals surface area contributed by atoms with E-state index >= 15 is 0 Å². The van der Waals surface area contributed by atoms with Gasteiger partial charge in [0, 0.05) is 11.8 Å². The van der Waals surface area contributed by atoms with E-state index in [1.165, 1.54) is 0 Å². The Balaban J connectivity index is 2.28. The van der Waals surface area contributed by atoms with Gasteiger partial charge in [0.1, 0.15) is 5.75 Å². The number of rotatable bonds is 3. The first kappa shape index (κ1) is 10.1. The lowest BCUT2D eigenvalue weighted by Gasteiger charge is -2.00. The van der Waals surface area contributed by atoms with E-state index in [2.05, 4.69) is 4.98 Å². The summed E-state index contributed by atoms with van der Waals surface area (Å²) in [6.07, 6.45) is 3.63. The summed E-state index contributed by atoms with van der Waals surface area (Å²) >= 11 is 5.68. The summed E-state index contributed by atoms with van der Waals surface area (Å²) in [6, 6.07) is 8.19. The van der Waals surface area contributed by atoms with E-state index < -0.39 is 0 Å². The SMILES string of the molecule is COc1ccc(-c2cn(CCl)cn2)cc1. The van der Waals surface area contributed by atoms with Crippen LogP contribution >= 0.6 is 11.6 Å². The highest BCUT2D eigenvalue weighted by molar-refractivity contribution is 6.15. The molecular formula is C11H11ClN2O. The molecule has 0 amide bonds. The maximum Gasteiger partial charge on any atom is 0.118 e. The Kier molecular flexibility index (Phi) is 2.92. The Morgan fingerprint density at radius 3 is 2.60 bits per heavy atom. The first-order chi connectivity index (χ1) is 7.33. The highest BCUT2D eigenvalue weighted by Gasteiger charge is 2.01. The lowest BCUT2D eigenvalue weighted by Crippen LogP contribution is -1.84. The summed E-state index contributed by atoms with van der Waals surface area (Å²) in [4.78, 5) is 4.25. The number of benzene rings is 1. The normalized spacial score (nSPS) is 10.3. The molecule has 0 unspecified atom stereocenters.